The van der Waals surface area contributed by atoms with Crippen molar-refractivity contribution in [2.24, 2.45) is 5.73 Å². The Balaban J connectivity index is 2.38. The standard InChI is InChI=1S/C15H15ClN2O3/c1-2-13(17)11-5-3-4-6-14(11)21-15-9-10(18(19)20)7-8-12(15)16/h3-9,13H,2,17H2,1H3/t13-/m0/s1. The first-order valence-corrected chi connectivity index (χ1v) is 6.87. The summed E-state index contributed by atoms with van der Waals surface area (Å²) < 4.78 is 5.74. The van der Waals surface area contributed by atoms with Crippen molar-refractivity contribution in [3.63, 3.8) is 0 Å². The minimum absolute atomic E-state index is 0.0772. The number of nitrogens with two attached hydrogens (primary N) is 1. The Labute approximate surface area is 127 Å². The lowest BCUT2D eigenvalue weighted by Gasteiger charge is -2.15. The topological polar surface area (TPSA) is 78.4 Å². The van der Waals surface area contributed by atoms with Crippen LogP contribution >= 0.6 is 11.6 Å². The van der Waals surface area contributed by atoms with E-state index in [1.165, 1.54) is 18.2 Å². The molecule has 110 valence electrons. The summed E-state index contributed by atoms with van der Waals surface area (Å²) in [5.74, 6) is 0.788. The molecule has 0 bridgehead atoms. The second-order valence-electron chi connectivity index (χ2n) is 4.53. The molecule has 0 aliphatic rings. The van der Waals surface area contributed by atoms with E-state index in [1.807, 2.05) is 25.1 Å². The molecule has 1 atom stereocenters. The van der Waals surface area contributed by atoms with Crippen LogP contribution in [0, 0.1) is 10.1 Å². The monoisotopic (exact) mass is 306 g/mol. The lowest BCUT2D eigenvalue weighted by atomic mass is 10.0. The van der Waals surface area contributed by atoms with Gasteiger partial charge >= 0.3 is 0 Å². The van der Waals surface area contributed by atoms with Gasteiger partial charge in [-0.3, -0.25) is 10.1 Å². The number of halogens is 1. The highest BCUT2D eigenvalue weighted by Gasteiger charge is 2.15. The quantitative estimate of drug-likeness (QED) is 0.654. The molecule has 0 aliphatic carbocycles. The van der Waals surface area contributed by atoms with E-state index >= 15 is 0 Å². The molecule has 0 aromatic heterocycles. The van der Waals surface area contributed by atoms with E-state index in [9.17, 15) is 10.1 Å². The molecule has 0 amide bonds. The van der Waals surface area contributed by atoms with Crippen LogP contribution < -0.4 is 10.5 Å². The van der Waals surface area contributed by atoms with E-state index in [1.54, 1.807) is 6.07 Å². The second kappa shape index (κ2) is 6.56. The summed E-state index contributed by atoms with van der Waals surface area (Å²) in [5, 5.41) is 11.1. The molecular weight excluding hydrogens is 292 g/mol. The molecule has 0 saturated carbocycles. The van der Waals surface area contributed by atoms with Gasteiger partial charge in [0.25, 0.3) is 5.69 Å². The Morgan fingerprint density at radius 3 is 2.67 bits per heavy atom. The van der Waals surface area contributed by atoms with Crippen molar-refractivity contribution in [3.05, 3.63) is 63.2 Å². The second-order valence-corrected chi connectivity index (χ2v) is 4.93. The summed E-state index contributed by atoms with van der Waals surface area (Å²) in [4.78, 5) is 10.3. The van der Waals surface area contributed by atoms with E-state index in [2.05, 4.69) is 0 Å². The molecule has 0 aliphatic heterocycles. The SMILES string of the molecule is CC[C@H](N)c1ccccc1Oc1cc([N+](=O)[O-])ccc1Cl. The van der Waals surface area contributed by atoms with Gasteiger partial charge in [0.05, 0.1) is 16.0 Å². The van der Waals surface area contributed by atoms with E-state index in [0.717, 1.165) is 12.0 Å². The fourth-order valence-corrected chi connectivity index (χ4v) is 2.06. The average Bonchev–Trinajstić information content (AvgIpc) is 2.49. The number of ether oxygens (including phenoxy) is 1. The highest BCUT2D eigenvalue weighted by atomic mass is 35.5. The molecule has 0 spiro atoms. The third kappa shape index (κ3) is 3.51. The third-order valence-corrected chi connectivity index (χ3v) is 3.42. The molecule has 0 heterocycles. The van der Waals surface area contributed by atoms with Crippen molar-refractivity contribution in [1.82, 2.24) is 0 Å². The summed E-state index contributed by atoms with van der Waals surface area (Å²) >= 11 is 6.04. The average molecular weight is 307 g/mol. The number of hydrogen-bond donors (Lipinski definition) is 1. The zero-order valence-electron chi connectivity index (χ0n) is 11.5. The van der Waals surface area contributed by atoms with Crippen molar-refractivity contribution in [3.8, 4) is 11.5 Å². The molecule has 2 aromatic carbocycles. The molecule has 0 saturated heterocycles. The summed E-state index contributed by atoms with van der Waals surface area (Å²) in [6.07, 6.45) is 0.753. The summed E-state index contributed by atoms with van der Waals surface area (Å²) in [6, 6.07) is 11.2. The summed E-state index contributed by atoms with van der Waals surface area (Å²) in [6.45, 7) is 1.97. The minimum atomic E-state index is -0.493. The van der Waals surface area contributed by atoms with Crippen molar-refractivity contribution in [2.75, 3.05) is 0 Å². The molecule has 5 nitrogen and oxygen atoms in total. The normalized spacial score (nSPS) is 12.0. The molecule has 0 unspecified atom stereocenters. The van der Waals surface area contributed by atoms with Crippen LogP contribution in [0.2, 0.25) is 5.02 Å². The molecule has 2 N–H and O–H groups in total. The van der Waals surface area contributed by atoms with Crippen LogP contribution in [-0.4, -0.2) is 4.92 Å². The number of rotatable bonds is 5. The number of nitro benzene ring substituents is 1. The van der Waals surface area contributed by atoms with Gasteiger partial charge in [-0.25, -0.2) is 0 Å². The van der Waals surface area contributed by atoms with Gasteiger partial charge in [-0.05, 0) is 18.6 Å². The van der Waals surface area contributed by atoms with Gasteiger partial charge in [-0.1, -0.05) is 36.7 Å². The largest absolute Gasteiger partial charge is 0.455 e. The molecule has 2 aromatic rings. The molecule has 21 heavy (non-hydrogen) atoms. The fourth-order valence-electron chi connectivity index (χ4n) is 1.90. The van der Waals surface area contributed by atoms with Gasteiger partial charge in [0, 0.05) is 17.7 Å². The Morgan fingerprint density at radius 1 is 1.29 bits per heavy atom. The highest BCUT2D eigenvalue weighted by Crippen LogP contribution is 2.35. The van der Waals surface area contributed by atoms with Crippen LogP contribution in [0.4, 0.5) is 5.69 Å². The number of hydrogen-bond acceptors (Lipinski definition) is 4. The molecule has 0 fully saturated rings. The Bertz CT molecular complexity index is 661. The molecule has 2 rings (SSSR count). The third-order valence-electron chi connectivity index (χ3n) is 3.10. The van der Waals surface area contributed by atoms with E-state index in [4.69, 9.17) is 22.1 Å². The minimum Gasteiger partial charge on any atom is -0.455 e. The van der Waals surface area contributed by atoms with Gasteiger partial charge in [-0.15, -0.1) is 0 Å². The highest BCUT2D eigenvalue weighted by molar-refractivity contribution is 6.32. The van der Waals surface area contributed by atoms with Crippen molar-refractivity contribution < 1.29 is 9.66 Å². The Morgan fingerprint density at radius 2 is 2.00 bits per heavy atom. The van der Waals surface area contributed by atoms with Gasteiger partial charge in [0.15, 0.2) is 5.75 Å². The van der Waals surface area contributed by atoms with Gasteiger partial charge in [-0.2, -0.15) is 0 Å². The Kier molecular flexibility index (Phi) is 4.77. The number of nitro groups is 1. The van der Waals surface area contributed by atoms with Gasteiger partial charge in [0.2, 0.25) is 0 Å². The molecule has 6 heteroatoms. The van der Waals surface area contributed by atoms with Crippen molar-refractivity contribution in [2.45, 2.75) is 19.4 Å². The Hall–Kier alpha value is -2.11. The first kappa shape index (κ1) is 15.3. The maximum absolute atomic E-state index is 10.8. The van der Waals surface area contributed by atoms with E-state index < -0.39 is 4.92 Å². The molecular formula is C15H15ClN2O3. The molecule has 0 radical (unpaired) electrons. The van der Waals surface area contributed by atoms with Gasteiger partial charge < -0.3 is 10.5 Å². The maximum Gasteiger partial charge on any atom is 0.273 e. The zero-order chi connectivity index (χ0) is 15.4. The number of benzene rings is 2. The van der Waals surface area contributed by atoms with Crippen LogP contribution in [0.1, 0.15) is 24.9 Å². The zero-order valence-corrected chi connectivity index (χ0v) is 12.2. The predicted molar refractivity (Wildman–Crippen MR) is 81.8 cm³/mol. The van der Waals surface area contributed by atoms with Crippen LogP contribution in [0.15, 0.2) is 42.5 Å². The number of nitrogens with zero attached hydrogens (tertiary/aromatic N) is 1. The van der Waals surface area contributed by atoms with Crippen LogP contribution in [0.25, 0.3) is 0 Å². The smallest absolute Gasteiger partial charge is 0.273 e. The lowest BCUT2D eigenvalue weighted by Crippen LogP contribution is -2.09. The number of para-hydroxylation sites is 1. The fraction of sp³-hybridized carbons (Fsp3) is 0.200. The first-order chi connectivity index (χ1) is 10.0. The van der Waals surface area contributed by atoms with Crippen molar-refractivity contribution in [1.29, 1.82) is 0 Å². The summed E-state index contributed by atoms with van der Waals surface area (Å²) in [5.41, 5.74) is 6.80. The summed E-state index contributed by atoms with van der Waals surface area (Å²) in [7, 11) is 0. The van der Waals surface area contributed by atoms with Crippen molar-refractivity contribution >= 4 is 17.3 Å². The number of non-ortho nitro benzene ring substituents is 1. The first-order valence-electron chi connectivity index (χ1n) is 6.49. The van der Waals surface area contributed by atoms with Gasteiger partial charge in [0.1, 0.15) is 5.75 Å². The lowest BCUT2D eigenvalue weighted by molar-refractivity contribution is -0.384. The predicted octanol–water partition coefficient (Wildman–Crippen LogP) is 4.45. The maximum atomic E-state index is 10.8. The van der Waals surface area contributed by atoms with E-state index in [0.29, 0.717) is 10.8 Å². The van der Waals surface area contributed by atoms with E-state index in [-0.39, 0.29) is 17.5 Å². The van der Waals surface area contributed by atoms with Crippen LogP contribution in [0.5, 0.6) is 11.5 Å². The van der Waals surface area contributed by atoms with Crippen LogP contribution in [-0.2, 0) is 0 Å². The van der Waals surface area contributed by atoms with Crippen LogP contribution in [0.3, 0.4) is 0 Å².